The average molecular weight is 272 g/mol. The lowest BCUT2D eigenvalue weighted by Gasteiger charge is -2.20. The molecule has 0 atom stereocenters. The monoisotopic (exact) mass is 272 g/mol. The average Bonchev–Trinajstić information content (AvgIpc) is 2.30. The molecule has 0 aromatic heterocycles. The number of carbonyl (C=O) groups excluding carboxylic acids is 1. The Labute approximate surface area is 111 Å². The van der Waals surface area contributed by atoms with Gasteiger partial charge in [0, 0.05) is 6.04 Å². The molecule has 1 rings (SSSR count). The number of hydrogen-bond acceptors (Lipinski definition) is 3. The molecule has 0 spiro atoms. The van der Waals surface area contributed by atoms with Crippen LogP contribution in [0.3, 0.4) is 0 Å². The summed E-state index contributed by atoms with van der Waals surface area (Å²) in [6, 6.07) is 6.32. The molecule has 1 amide bonds. The van der Waals surface area contributed by atoms with E-state index >= 15 is 0 Å². The van der Waals surface area contributed by atoms with Crippen molar-refractivity contribution in [3.63, 3.8) is 0 Å². The van der Waals surface area contributed by atoms with Crippen LogP contribution < -0.4 is 10.1 Å². The van der Waals surface area contributed by atoms with Gasteiger partial charge in [-0.3, -0.25) is 9.69 Å². The van der Waals surface area contributed by atoms with Crippen molar-refractivity contribution in [3.05, 3.63) is 24.3 Å². The number of rotatable bonds is 6. The van der Waals surface area contributed by atoms with Gasteiger partial charge >= 0.3 is 6.61 Å². The number of carbonyl (C=O) groups is 1. The second-order valence-corrected chi connectivity index (χ2v) is 4.43. The zero-order valence-electron chi connectivity index (χ0n) is 11.2. The lowest BCUT2D eigenvalue weighted by Crippen LogP contribution is -2.34. The summed E-state index contributed by atoms with van der Waals surface area (Å²) in [6.45, 7) is 1.18. The maximum atomic E-state index is 12.2. The number of alkyl halides is 2. The Hall–Kier alpha value is -1.69. The lowest BCUT2D eigenvalue weighted by molar-refractivity contribution is -0.117. The van der Waals surface area contributed by atoms with Crippen molar-refractivity contribution in [1.82, 2.24) is 4.90 Å². The third-order valence-electron chi connectivity index (χ3n) is 2.65. The first-order valence-corrected chi connectivity index (χ1v) is 5.94. The van der Waals surface area contributed by atoms with Gasteiger partial charge < -0.3 is 10.1 Å². The molecule has 0 bridgehead atoms. The summed E-state index contributed by atoms with van der Waals surface area (Å²) < 4.78 is 28.8. The van der Waals surface area contributed by atoms with Crippen molar-refractivity contribution in [2.24, 2.45) is 0 Å². The van der Waals surface area contributed by atoms with Crippen LogP contribution in [0.5, 0.6) is 5.75 Å². The predicted octanol–water partition coefficient (Wildman–Crippen LogP) is 2.57. The molecule has 0 aliphatic carbocycles. The number of para-hydroxylation sites is 2. The van der Waals surface area contributed by atoms with E-state index in [2.05, 4.69) is 10.1 Å². The fraction of sp³-hybridized carbons (Fsp3) is 0.462. The van der Waals surface area contributed by atoms with E-state index in [9.17, 15) is 13.6 Å². The number of halogens is 2. The minimum atomic E-state index is -2.92. The summed E-state index contributed by atoms with van der Waals surface area (Å²) in [4.78, 5) is 13.6. The quantitative estimate of drug-likeness (QED) is 0.865. The Kier molecular flexibility index (Phi) is 5.69. The van der Waals surface area contributed by atoms with E-state index in [0.29, 0.717) is 0 Å². The van der Waals surface area contributed by atoms with Crippen molar-refractivity contribution < 1.29 is 18.3 Å². The Morgan fingerprint density at radius 3 is 2.58 bits per heavy atom. The van der Waals surface area contributed by atoms with Crippen LogP contribution in [0.25, 0.3) is 0 Å². The van der Waals surface area contributed by atoms with Crippen molar-refractivity contribution >= 4 is 11.6 Å². The topological polar surface area (TPSA) is 41.6 Å². The molecule has 0 unspecified atom stereocenters. The summed E-state index contributed by atoms with van der Waals surface area (Å²) in [5.41, 5.74) is 0.241. The molecular weight excluding hydrogens is 254 g/mol. The minimum Gasteiger partial charge on any atom is -0.433 e. The minimum absolute atomic E-state index is 0.0435. The molecule has 0 aliphatic heterocycles. The first kappa shape index (κ1) is 15.4. The molecule has 0 saturated heterocycles. The van der Waals surface area contributed by atoms with Crippen LogP contribution >= 0.6 is 0 Å². The van der Waals surface area contributed by atoms with Crippen molar-refractivity contribution in [2.75, 3.05) is 18.9 Å². The smallest absolute Gasteiger partial charge is 0.387 e. The molecule has 0 radical (unpaired) electrons. The Bertz CT molecular complexity index is 425. The number of amides is 1. The molecule has 0 fully saturated rings. The molecule has 1 aromatic rings. The molecule has 1 N–H and O–H groups in total. The summed E-state index contributed by atoms with van der Waals surface area (Å²) in [7, 11) is 1.81. The van der Waals surface area contributed by atoms with Crippen molar-refractivity contribution in [1.29, 1.82) is 0 Å². The van der Waals surface area contributed by atoms with Gasteiger partial charge in [0.2, 0.25) is 5.91 Å². The SMILES string of the molecule is CC(C)N(C)CC(=O)Nc1ccccc1OC(F)F. The highest BCUT2D eigenvalue weighted by Gasteiger charge is 2.13. The zero-order valence-corrected chi connectivity index (χ0v) is 11.2. The summed E-state index contributed by atoms with van der Waals surface area (Å²) >= 11 is 0. The fourth-order valence-electron chi connectivity index (χ4n) is 1.37. The van der Waals surface area contributed by atoms with Gasteiger partial charge in [0.1, 0.15) is 5.75 Å². The first-order valence-electron chi connectivity index (χ1n) is 5.94. The standard InChI is InChI=1S/C13H18F2N2O2/c1-9(2)17(3)8-12(18)16-10-6-4-5-7-11(10)19-13(14)15/h4-7,9,13H,8H2,1-3H3,(H,16,18). The molecule has 6 heteroatoms. The number of anilines is 1. The molecular formula is C13H18F2N2O2. The molecule has 0 heterocycles. The Balaban J connectivity index is 2.68. The van der Waals surface area contributed by atoms with Crippen LogP contribution in [-0.4, -0.2) is 37.1 Å². The van der Waals surface area contributed by atoms with E-state index < -0.39 is 6.61 Å². The molecule has 19 heavy (non-hydrogen) atoms. The van der Waals surface area contributed by atoms with Crippen LogP contribution in [0.2, 0.25) is 0 Å². The number of benzene rings is 1. The summed E-state index contributed by atoms with van der Waals surface area (Å²) in [6.07, 6.45) is 0. The first-order chi connectivity index (χ1) is 8.90. The second-order valence-electron chi connectivity index (χ2n) is 4.43. The van der Waals surface area contributed by atoms with Crippen molar-refractivity contribution in [2.45, 2.75) is 26.5 Å². The fourth-order valence-corrected chi connectivity index (χ4v) is 1.37. The van der Waals surface area contributed by atoms with E-state index in [4.69, 9.17) is 0 Å². The van der Waals surface area contributed by atoms with E-state index in [1.54, 1.807) is 12.1 Å². The van der Waals surface area contributed by atoms with Crippen LogP contribution in [0.4, 0.5) is 14.5 Å². The zero-order chi connectivity index (χ0) is 14.4. The normalized spacial score (nSPS) is 11.2. The van der Waals surface area contributed by atoms with E-state index in [0.717, 1.165) is 0 Å². The van der Waals surface area contributed by atoms with Crippen molar-refractivity contribution in [3.8, 4) is 5.75 Å². The van der Waals surface area contributed by atoms with Crippen LogP contribution in [0.1, 0.15) is 13.8 Å². The largest absolute Gasteiger partial charge is 0.433 e. The molecule has 0 aliphatic rings. The number of nitrogens with zero attached hydrogens (tertiary/aromatic N) is 1. The maximum Gasteiger partial charge on any atom is 0.387 e. The van der Waals surface area contributed by atoms with E-state index in [-0.39, 0.29) is 29.9 Å². The number of likely N-dealkylation sites (N-methyl/N-ethyl adjacent to an activating group) is 1. The molecule has 106 valence electrons. The van der Waals surface area contributed by atoms with Gasteiger partial charge in [-0.05, 0) is 33.0 Å². The van der Waals surface area contributed by atoms with Gasteiger partial charge in [0.25, 0.3) is 0 Å². The van der Waals surface area contributed by atoms with Crippen LogP contribution in [0, 0.1) is 0 Å². The Morgan fingerprint density at radius 2 is 2.00 bits per heavy atom. The third kappa shape index (κ3) is 5.21. The van der Waals surface area contributed by atoms with Gasteiger partial charge in [-0.15, -0.1) is 0 Å². The number of hydrogen-bond donors (Lipinski definition) is 1. The van der Waals surface area contributed by atoms with E-state index in [1.807, 2.05) is 25.8 Å². The van der Waals surface area contributed by atoms with Gasteiger partial charge in [-0.1, -0.05) is 12.1 Å². The second kappa shape index (κ2) is 7.04. The highest BCUT2D eigenvalue weighted by Crippen LogP contribution is 2.25. The van der Waals surface area contributed by atoms with Gasteiger partial charge in [0.05, 0.1) is 12.2 Å². The lowest BCUT2D eigenvalue weighted by atomic mass is 10.3. The molecule has 0 saturated carbocycles. The predicted molar refractivity (Wildman–Crippen MR) is 69.5 cm³/mol. The Morgan fingerprint density at radius 1 is 1.37 bits per heavy atom. The van der Waals surface area contributed by atoms with Crippen LogP contribution in [0.15, 0.2) is 24.3 Å². The highest BCUT2D eigenvalue weighted by atomic mass is 19.3. The highest BCUT2D eigenvalue weighted by molar-refractivity contribution is 5.93. The third-order valence-corrected chi connectivity index (χ3v) is 2.65. The van der Waals surface area contributed by atoms with Gasteiger partial charge in [-0.25, -0.2) is 0 Å². The van der Waals surface area contributed by atoms with Crippen LogP contribution in [-0.2, 0) is 4.79 Å². The maximum absolute atomic E-state index is 12.2. The number of nitrogens with one attached hydrogen (secondary N) is 1. The number of ether oxygens (including phenoxy) is 1. The molecule has 1 aromatic carbocycles. The summed E-state index contributed by atoms with van der Waals surface area (Å²) in [5.74, 6) is -0.320. The molecule has 4 nitrogen and oxygen atoms in total. The van der Waals surface area contributed by atoms with E-state index in [1.165, 1.54) is 12.1 Å². The summed E-state index contributed by atoms with van der Waals surface area (Å²) in [5, 5.41) is 2.56. The van der Waals surface area contributed by atoms with Gasteiger partial charge in [-0.2, -0.15) is 8.78 Å². The van der Waals surface area contributed by atoms with Gasteiger partial charge in [0.15, 0.2) is 0 Å².